The van der Waals surface area contributed by atoms with Gasteiger partial charge in [0.05, 0.1) is 16.8 Å². The molecule has 14 heavy (non-hydrogen) atoms. The number of fused-ring (bicyclic) bond motifs is 1. The van der Waals surface area contributed by atoms with Crippen LogP contribution in [0.2, 0.25) is 4.47 Å². The fourth-order valence-corrected chi connectivity index (χ4v) is 2.50. The summed E-state index contributed by atoms with van der Waals surface area (Å²) in [5, 5.41) is 0. The molecule has 0 radical (unpaired) electrons. The van der Waals surface area contributed by atoms with Gasteiger partial charge in [0.1, 0.15) is 5.75 Å². The van der Waals surface area contributed by atoms with E-state index in [0.717, 1.165) is 21.5 Å². The van der Waals surface area contributed by atoms with Crippen molar-refractivity contribution in [2.24, 2.45) is 0 Å². The molecule has 0 amide bonds. The molecule has 4 heteroatoms. The molecule has 0 saturated carbocycles. The first kappa shape index (κ1) is 9.74. The van der Waals surface area contributed by atoms with E-state index in [1.165, 1.54) is 11.3 Å². The second-order valence-corrected chi connectivity index (χ2v) is 4.52. The molecule has 2 rings (SSSR count). The van der Waals surface area contributed by atoms with E-state index < -0.39 is 0 Å². The van der Waals surface area contributed by atoms with Gasteiger partial charge in [-0.15, -0.1) is 11.3 Å². The Hall–Kier alpha value is -0.800. The lowest BCUT2D eigenvalue weighted by atomic mass is 10.2. The van der Waals surface area contributed by atoms with Gasteiger partial charge in [-0.25, -0.2) is 4.98 Å². The van der Waals surface area contributed by atoms with Gasteiger partial charge in [-0.05, 0) is 26.0 Å². The quantitative estimate of drug-likeness (QED) is 0.781. The van der Waals surface area contributed by atoms with Gasteiger partial charge in [-0.2, -0.15) is 0 Å². The number of ether oxygens (including phenoxy) is 1. The van der Waals surface area contributed by atoms with Crippen molar-refractivity contribution in [3.05, 3.63) is 22.2 Å². The van der Waals surface area contributed by atoms with Gasteiger partial charge in [-0.1, -0.05) is 11.6 Å². The van der Waals surface area contributed by atoms with Gasteiger partial charge in [0.2, 0.25) is 0 Å². The Morgan fingerprint density at radius 2 is 2.29 bits per heavy atom. The molecule has 1 aromatic carbocycles. The van der Waals surface area contributed by atoms with Crippen molar-refractivity contribution in [2.45, 2.75) is 13.8 Å². The Labute approximate surface area is 91.5 Å². The lowest BCUT2D eigenvalue weighted by Crippen LogP contribution is -1.93. The smallest absolute Gasteiger partial charge is 0.184 e. The van der Waals surface area contributed by atoms with E-state index in [2.05, 4.69) is 4.98 Å². The first-order chi connectivity index (χ1) is 6.72. The number of hydrogen-bond donors (Lipinski definition) is 0. The maximum atomic E-state index is 5.85. The predicted molar refractivity (Wildman–Crippen MR) is 60.5 cm³/mol. The Morgan fingerprint density at radius 3 is 3.00 bits per heavy atom. The maximum absolute atomic E-state index is 5.85. The van der Waals surface area contributed by atoms with Crippen molar-refractivity contribution in [1.82, 2.24) is 4.98 Å². The number of halogens is 1. The Balaban J connectivity index is 2.61. The molecule has 1 heterocycles. The molecule has 0 aliphatic heterocycles. The summed E-state index contributed by atoms with van der Waals surface area (Å²) in [4.78, 5) is 4.20. The molecule has 0 aliphatic rings. The van der Waals surface area contributed by atoms with Crippen LogP contribution in [-0.4, -0.2) is 11.6 Å². The molecular weight excluding hydrogens is 218 g/mol. The van der Waals surface area contributed by atoms with E-state index in [1.807, 2.05) is 26.0 Å². The highest BCUT2D eigenvalue weighted by Gasteiger charge is 2.08. The van der Waals surface area contributed by atoms with Crippen LogP contribution < -0.4 is 4.74 Å². The number of aryl methyl sites for hydroxylation is 1. The largest absolute Gasteiger partial charge is 0.494 e. The van der Waals surface area contributed by atoms with Gasteiger partial charge in [0.25, 0.3) is 0 Å². The average Bonchev–Trinajstić information content (AvgIpc) is 2.52. The highest BCUT2D eigenvalue weighted by atomic mass is 35.5. The third-order valence-electron chi connectivity index (χ3n) is 2.03. The molecule has 0 fully saturated rings. The minimum Gasteiger partial charge on any atom is -0.494 e. The first-order valence-corrected chi connectivity index (χ1v) is 5.60. The summed E-state index contributed by atoms with van der Waals surface area (Å²) in [5.74, 6) is 0.917. The van der Waals surface area contributed by atoms with Crippen LogP contribution in [0.3, 0.4) is 0 Å². The summed E-state index contributed by atoms with van der Waals surface area (Å²) in [5.41, 5.74) is 2.06. The summed E-state index contributed by atoms with van der Waals surface area (Å²) in [6.07, 6.45) is 0. The SMILES string of the molecule is CCOc1ccc2nc(Cl)sc2c1C. The molecule has 2 nitrogen and oxygen atoms in total. The van der Waals surface area contributed by atoms with Crippen LogP contribution in [0.1, 0.15) is 12.5 Å². The van der Waals surface area contributed by atoms with Gasteiger partial charge < -0.3 is 4.74 Å². The van der Waals surface area contributed by atoms with Gasteiger partial charge in [0, 0.05) is 5.56 Å². The topological polar surface area (TPSA) is 22.1 Å². The molecule has 0 spiro atoms. The van der Waals surface area contributed by atoms with Crippen LogP contribution in [0.25, 0.3) is 10.2 Å². The zero-order chi connectivity index (χ0) is 10.1. The van der Waals surface area contributed by atoms with E-state index in [1.54, 1.807) is 0 Å². The zero-order valence-corrected chi connectivity index (χ0v) is 9.58. The van der Waals surface area contributed by atoms with Crippen molar-refractivity contribution in [1.29, 1.82) is 0 Å². The predicted octanol–water partition coefficient (Wildman–Crippen LogP) is 3.66. The Morgan fingerprint density at radius 1 is 1.50 bits per heavy atom. The third-order valence-corrected chi connectivity index (χ3v) is 3.33. The Kier molecular flexibility index (Phi) is 2.61. The second-order valence-electron chi connectivity index (χ2n) is 2.94. The molecule has 2 aromatic rings. The molecule has 0 atom stereocenters. The van der Waals surface area contributed by atoms with Crippen molar-refractivity contribution < 1.29 is 4.74 Å². The molecular formula is C10H10ClNOS. The molecule has 0 aliphatic carbocycles. The summed E-state index contributed by atoms with van der Waals surface area (Å²) in [7, 11) is 0. The summed E-state index contributed by atoms with van der Waals surface area (Å²) in [6.45, 7) is 4.68. The highest BCUT2D eigenvalue weighted by molar-refractivity contribution is 7.22. The molecule has 0 N–H and O–H groups in total. The normalized spacial score (nSPS) is 10.8. The average molecular weight is 228 g/mol. The van der Waals surface area contributed by atoms with E-state index in [-0.39, 0.29) is 0 Å². The van der Waals surface area contributed by atoms with Crippen LogP contribution in [0.4, 0.5) is 0 Å². The zero-order valence-electron chi connectivity index (χ0n) is 8.00. The maximum Gasteiger partial charge on any atom is 0.184 e. The highest BCUT2D eigenvalue weighted by Crippen LogP contribution is 2.33. The van der Waals surface area contributed by atoms with Crippen LogP contribution in [0, 0.1) is 6.92 Å². The van der Waals surface area contributed by atoms with Crippen LogP contribution >= 0.6 is 22.9 Å². The molecule has 1 aromatic heterocycles. The number of benzene rings is 1. The number of aromatic nitrogens is 1. The van der Waals surface area contributed by atoms with E-state index >= 15 is 0 Å². The minimum absolute atomic E-state index is 0.580. The molecule has 0 saturated heterocycles. The fraction of sp³-hybridized carbons (Fsp3) is 0.300. The van der Waals surface area contributed by atoms with Crippen molar-refractivity contribution >= 4 is 33.2 Å². The lowest BCUT2D eigenvalue weighted by Gasteiger charge is -2.06. The number of nitrogens with zero attached hydrogens (tertiary/aromatic N) is 1. The summed E-state index contributed by atoms with van der Waals surface area (Å²) < 4.78 is 7.18. The van der Waals surface area contributed by atoms with Gasteiger partial charge >= 0.3 is 0 Å². The number of thiazole rings is 1. The van der Waals surface area contributed by atoms with E-state index in [9.17, 15) is 0 Å². The van der Waals surface area contributed by atoms with Crippen molar-refractivity contribution in [3.8, 4) is 5.75 Å². The third kappa shape index (κ3) is 1.57. The first-order valence-electron chi connectivity index (χ1n) is 4.41. The van der Waals surface area contributed by atoms with Crippen molar-refractivity contribution in [2.75, 3.05) is 6.61 Å². The standard InChI is InChI=1S/C10H10ClNOS/c1-3-13-8-5-4-7-9(6(8)2)14-10(11)12-7/h4-5H,3H2,1-2H3. The monoisotopic (exact) mass is 227 g/mol. The van der Waals surface area contributed by atoms with E-state index in [0.29, 0.717) is 11.1 Å². The van der Waals surface area contributed by atoms with E-state index in [4.69, 9.17) is 16.3 Å². The summed E-state index contributed by atoms with van der Waals surface area (Å²) in [6, 6.07) is 3.88. The van der Waals surface area contributed by atoms with Crippen LogP contribution in [0.5, 0.6) is 5.75 Å². The van der Waals surface area contributed by atoms with Gasteiger partial charge in [0.15, 0.2) is 4.47 Å². The molecule has 0 unspecified atom stereocenters. The minimum atomic E-state index is 0.580. The molecule has 0 bridgehead atoms. The number of rotatable bonds is 2. The van der Waals surface area contributed by atoms with Gasteiger partial charge in [-0.3, -0.25) is 0 Å². The second kappa shape index (κ2) is 3.75. The number of hydrogen-bond acceptors (Lipinski definition) is 3. The fourth-order valence-electron chi connectivity index (χ4n) is 1.39. The Bertz CT molecular complexity index is 466. The van der Waals surface area contributed by atoms with Crippen LogP contribution in [0.15, 0.2) is 12.1 Å². The molecule has 74 valence electrons. The van der Waals surface area contributed by atoms with Crippen LogP contribution in [-0.2, 0) is 0 Å². The van der Waals surface area contributed by atoms with Crippen molar-refractivity contribution in [3.63, 3.8) is 0 Å². The summed E-state index contributed by atoms with van der Waals surface area (Å²) >= 11 is 7.34. The lowest BCUT2D eigenvalue weighted by molar-refractivity contribution is 0.338.